The average Bonchev–Trinajstić information content (AvgIpc) is 3.59. The van der Waals surface area contributed by atoms with Crippen molar-refractivity contribution in [2.75, 3.05) is 32.1 Å². The summed E-state index contributed by atoms with van der Waals surface area (Å²) in [5, 5.41) is 5.89. The Hall–Kier alpha value is -2.85. The zero-order valence-electron chi connectivity index (χ0n) is 19.4. The number of carbonyl (C=O) groups is 1. The fourth-order valence-corrected chi connectivity index (χ4v) is 5.21. The van der Waals surface area contributed by atoms with Crippen LogP contribution in [0, 0.1) is 6.92 Å². The van der Waals surface area contributed by atoms with Crippen LogP contribution in [0.3, 0.4) is 0 Å². The Bertz CT molecular complexity index is 1140. The molecule has 2 aliphatic rings. The van der Waals surface area contributed by atoms with Gasteiger partial charge in [0.25, 0.3) is 5.91 Å². The maximum absolute atomic E-state index is 13.5. The molecule has 4 heteroatoms. The fourth-order valence-electron chi connectivity index (χ4n) is 5.21. The van der Waals surface area contributed by atoms with Gasteiger partial charge in [-0.1, -0.05) is 48.5 Å². The van der Waals surface area contributed by atoms with Crippen LogP contribution < -0.4 is 10.2 Å². The van der Waals surface area contributed by atoms with Crippen LogP contribution in [0.4, 0.5) is 5.69 Å². The largest absolute Gasteiger partial charge is 0.371 e. The molecule has 0 spiro atoms. The maximum atomic E-state index is 13.5. The molecule has 5 rings (SSSR count). The van der Waals surface area contributed by atoms with Crippen molar-refractivity contribution in [2.24, 2.45) is 0 Å². The summed E-state index contributed by atoms with van der Waals surface area (Å²) in [7, 11) is 4.33. The van der Waals surface area contributed by atoms with Crippen LogP contribution in [0.5, 0.6) is 0 Å². The number of nitrogens with zero attached hydrogens (tertiary/aromatic N) is 2. The number of hydrogen-bond donors (Lipinski definition) is 1. The van der Waals surface area contributed by atoms with Gasteiger partial charge in [-0.3, -0.25) is 4.79 Å². The standard InChI is InChI=1S/C28H33N3O/c1-20-11-12-23(31-17-13-22(14-18-31)30(2)3)19-25(20)27(32)29-28(15-16-28)26-10-6-8-21-7-4-5-9-24(21)26/h4-12,19,22H,13-18H2,1-3H3,(H,29,32). The second-order valence-electron chi connectivity index (χ2n) is 9.74. The average molecular weight is 428 g/mol. The van der Waals surface area contributed by atoms with Crippen molar-refractivity contribution in [2.45, 2.75) is 44.2 Å². The van der Waals surface area contributed by atoms with E-state index in [1.165, 1.54) is 16.3 Å². The molecular formula is C28H33N3O. The van der Waals surface area contributed by atoms with E-state index in [1.54, 1.807) is 0 Å². The lowest BCUT2D eigenvalue weighted by Crippen LogP contribution is -2.42. The van der Waals surface area contributed by atoms with E-state index in [0.29, 0.717) is 6.04 Å². The number of amides is 1. The van der Waals surface area contributed by atoms with Gasteiger partial charge >= 0.3 is 0 Å². The third kappa shape index (κ3) is 3.88. The summed E-state index contributed by atoms with van der Waals surface area (Å²) < 4.78 is 0. The Kier molecular flexibility index (Phi) is 5.42. The van der Waals surface area contributed by atoms with Crippen LogP contribution in [0.2, 0.25) is 0 Å². The number of aryl methyl sites for hydroxylation is 1. The Morgan fingerprint density at radius 2 is 1.72 bits per heavy atom. The Morgan fingerprint density at radius 3 is 2.44 bits per heavy atom. The van der Waals surface area contributed by atoms with Gasteiger partial charge in [-0.15, -0.1) is 0 Å². The first-order valence-corrected chi connectivity index (χ1v) is 11.8. The summed E-state index contributed by atoms with van der Waals surface area (Å²) in [6.45, 7) is 4.11. The zero-order valence-corrected chi connectivity index (χ0v) is 19.4. The van der Waals surface area contributed by atoms with Crippen molar-refractivity contribution >= 4 is 22.4 Å². The first-order valence-electron chi connectivity index (χ1n) is 11.8. The third-order valence-corrected chi connectivity index (χ3v) is 7.43. The number of rotatable bonds is 5. The van der Waals surface area contributed by atoms with Gasteiger partial charge in [0.15, 0.2) is 0 Å². The molecule has 1 N–H and O–H groups in total. The number of carbonyl (C=O) groups excluding carboxylic acids is 1. The van der Waals surface area contributed by atoms with Gasteiger partial charge < -0.3 is 15.1 Å². The molecule has 1 heterocycles. The molecule has 1 aliphatic heterocycles. The molecule has 2 fully saturated rings. The molecule has 1 amide bonds. The summed E-state index contributed by atoms with van der Waals surface area (Å²) in [5.41, 5.74) is 3.98. The minimum atomic E-state index is -0.246. The van der Waals surface area contributed by atoms with Gasteiger partial charge in [0.1, 0.15) is 0 Å². The summed E-state index contributed by atoms with van der Waals surface area (Å²) in [5.74, 6) is 0.0398. The lowest BCUT2D eigenvalue weighted by molar-refractivity contribution is 0.0930. The highest BCUT2D eigenvalue weighted by Gasteiger charge is 2.46. The van der Waals surface area contributed by atoms with Crippen LogP contribution in [-0.2, 0) is 5.54 Å². The van der Waals surface area contributed by atoms with Gasteiger partial charge in [0.05, 0.1) is 5.54 Å². The smallest absolute Gasteiger partial charge is 0.252 e. The monoisotopic (exact) mass is 427 g/mol. The van der Waals surface area contributed by atoms with Gasteiger partial charge in [0, 0.05) is 30.4 Å². The van der Waals surface area contributed by atoms with Crippen molar-refractivity contribution in [3.05, 3.63) is 77.4 Å². The van der Waals surface area contributed by atoms with Gasteiger partial charge in [-0.2, -0.15) is 0 Å². The molecule has 0 bridgehead atoms. The SMILES string of the molecule is Cc1ccc(N2CCC(N(C)C)CC2)cc1C(=O)NC1(c2cccc3ccccc23)CC1. The Balaban J connectivity index is 1.37. The van der Waals surface area contributed by atoms with E-state index < -0.39 is 0 Å². The number of hydrogen-bond acceptors (Lipinski definition) is 3. The van der Waals surface area contributed by atoms with Crippen molar-refractivity contribution in [3.8, 4) is 0 Å². The Morgan fingerprint density at radius 1 is 1.00 bits per heavy atom. The minimum Gasteiger partial charge on any atom is -0.371 e. The molecule has 32 heavy (non-hydrogen) atoms. The quantitative estimate of drug-likeness (QED) is 0.615. The summed E-state index contributed by atoms with van der Waals surface area (Å²) in [4.78, 5) is 18.2. The first kappa shape index (κ1) is 21.0. The minimum absolute atomic E-state index is 0.0398. The predicted molar refractivity (Wildman–Crippen MR) is 132 cm³/mol. The van der Waals surface area contributed by atoms with E-state index in [9.17, 15) is 4.79 Å². The van der Waals surface area contributed by atoms with Crippen molar-refractivity contribution in [1.29, 1.82) is 0 Å². The van der Waals surface area contributed by atoms with Crippen molar-refractivity contribution in [1.82, 2.24) is 10.2 Å². The molecule has 166 valence electrons. The first-order chi connectivity index (χ1) is 15.5. The van der Waals surface area contributed by atoms with Gasteiger partial charge in [-0.25, -0.2) is 0 Å². The molecule has 0 radical (unpaired) electrons. The predicted octanol–water partition coefficient (Wildman–Crippen LogP) is 5.10. The summed E-state index contributed by atoms with van der Waals surface area (Å²) in [6.07, 6.45) is 4.30. The summed E-state index contributed by atoms with van der Waals surface area (Å²) in [6, 6.07) is 21.9. The van der Waals surface area contributed by atoms with E-state index in [2.05, 4.69) is 89.9 Å². The molecule has 0 unspecified atom stereocenters. The second-order valence-corrected chi connectivity index (χ2v) is 9.74. The van der Waals surface area contributed by atoms with Crippen molar-refractivity contribution in [3.63, 3.8) is 0 Å². The molecule has 3 aromatic carbocycles. The van der Waals surface area contributed by atoms with E-state index in [4.69, 9.17) is 0 Å². The molecule has 1 saturated carbocycles. The molecule has 1 saturated heterocycles. The molecular weight excluding hydrogens is 394 g/mol. The molecule has 1 aliphatic carbocycles. The number of nitrogens with one attached hydrogen (secondary N) is 1. The van der Waals surface area contributed by atoms with E-state index in [0.717, 1.165) is 55.6 Å². The fraction of sp³-hybridized carbons (Fsp3) is 0.393. The molecule has 3 aromatic rings. The third-order valence-electron chi connectivity index (χ3n) is 7.43. The lowest BCUT2D eigenvalue weighted by atomic mass is 9.96. The summed E-state index contributed by atoms with van der Waals surface area (Å²) >= 11 is 0. The highest BCUT2D eigenvalue weighted by molar-refractivity contribution is 5.98. The van der Waals surface area contributed by atoms with Crippen molar-refractivity contribution < 1.29 is 4.79 Å². The Labute approximate surface area is 191 Å². The number of anilines is 1. The normalized spacial score (nSPS) is 18.2. The number of benzene rings is 3. The van der Waals surface area contributed by atoms with E-state index in [1.807, 2.05) is 6.92 Å². The highest BCUT2D eigenvalue weighted by Crippen LogP contribution is 2.48. The zero-order chi connectivity index (χ0) is 22.3. The van der Waals surface area contributed by atoms with Crippen LogP contribution in [0.15, 0.2) is 60.7 Å². The van der Waals surface area contributed by atoms with Crippen LogP contribution in [0.1, 0.15) is 47.2 Å². The van der Waals surface area contributed by atoms with Crippen LogP contribution in [0.25, 0.3) is 10.8 Å². The topological polar surface area (TPSA) is 35.6 Å². The van der Waals surface area contributed by atoms with E-state index >= 15 is 0 Å². The van der Waals surface area contributed by atoms with E-state index in [-0.39, 0.29) is 11.4 Å². The molecule has 0 aromatic heterocycles. The van der Waals surface area contributed by atoms with Gasteiger partial charge in [-0.05, 0) is 80.7 Å². The second kappa shape index (κ2) is 8.25. The van der Waals surface area contributed by atoms with Gasteiger partial charge in [0.2, 0.25) is 0 Å². The lowest BCUT2D eigenvalue weighted by Gasteiger charge is -2.36. The highest BCUT2D eigenvalue weighted by atomic mass is 16.1. The molecule has 4 nitrogen and oxygen atoms in total. The maximum Gasteiger partial charge on any atom is 0.252 e. The van der Waals surface area contributed by atoms with Crippen LogP contribution in [-0.4, -0.2) is 44.0 Å². The molecule has 0 atom stereocenters. The van der Waals surface area contributed by atoms with Crippen LogP contribution >= 0.6 is 0 Å². The number of piperidine rings is 1. The number of fused-ring (bicyclic) bond motifs is 1.